The van der Waals surface area contributed by atoms with Gasteiger partial charge in [-0.25, -0.2) is 4.39 Å². The van der Waals surface area contributed by atoms with Crippen molar-refractivity contribution in [3.05, 3.63) is 35.6 Å². The lowest BCUT2D eigenvalue weighted by atomic mass is 9.64. The van der Waals surface area contributed by atoms with Gasteiger partial charge in [-0.05, 0) is 37.0 Å². The molecule has 20 heavy (non-hydrogen) atoms. The van der Waals surface area contributed by atoms with Gasteiger partial charge in [0.1, 0.15) is 5.82 Å². The van der Waals surface area contributed by atoms with Gasteiger partial charge in [0, 0.05) is 25.0 Å². The standard InChI is InChI=1S/C15H20FN3.BrH/c16-13-5-3-12(4-6-13)15(7-1-8-15)11-19-14-17-9-2-10-18-14;/h3-6H,1-2,7-11H2,(H2,17,18,19);1H. The Morgan fingerprint density at radius 2 is 1.95 bits per heavy atom. The van der Waals surface area contributed by atoms with E-state index in [0.717, 1.165) is 32.0 Å². The van der Waals surface area contributed by atoms with Crippen LogP contribution < -0.4 is 10.6 Å². The molecule has 110 valence electrons. The van der Waals surface area contributed by atoms with Crippen molar-refractivity contribution in [1.29, 1.82) is 0 Å². The highest BCUT2D eigenvalue weighted by molar-refractivity contribution is 8.93. The molecule has 0 aromatic heterocycles. The molecule has 1 aliphatic carbocycles. The number of hydrogen-bond donors (Lipinski definition) is 2. The third-order valence-corrected chi connectivity index (χ3v) is 4.26. The highest BCUT2D eigenvalue weighted by Gasteiger charge is 2.38. The van der Waals surface area contributed by atoms with Crippen molar-refractivity contribution in [2.45, 2.75) is 31.1 Å². The van der Waals surface area contributed by atoms with Crippen molar-refractivity contribution >= 4 is 22.9 Å². The SMILES string of the molecule is Br.Fc1ccc(C2(CNC3=NCCCN3)CCC2)cc1. The van der Waals surface area contributed by atoms with Crippen LogP contribution in [-0.4, -0.2) is 25.6 Å². The lowest BCUT2D eigenvalue weighted by molar-refractivity contribution is 0.243. The number of nitrogens with zero attached hydrogens (tertiary/aromatic N) is 1. The molecule has 1 saturated carbocycles. The predicted molar refractivity (Wildman–Crippen MR) is 85.2 cm³/mol. The van der Waals surface area contributed by atoms with E-state index in [4.69, 9.17) is 0 Å². The van der Waals surface area contributed by atoms with Crippen LogP contribution in [0.4, 0.5) is 4.39 Å². The maximum atomic E-state index is 13.0. The van der Waals surface area contributed by atoms with Gasteiger partial charge in [0.05, 0.1) is 0 Å². The van der Waals surface area contributed by atoms with Crippen LogP contribution in [0, 0.1) is 5.82 Å². The lowest BCUT2D eigenvalue weighted by Crippen LogP contribution is -2.50. The predicted octanol–water partition coefficient (Wildman–Crippen LogP) is 2.76. The van der Waals surface area contributed by atoms with Crippen molar-refractivity contribution in [3.63, 3.8) is 0 Å². The van der Waals surface area contributed by atoms with Crippen molar-refractivity contribution in [3.8, 4) is 0 Å². The van der Waals surface area contributed by atoms with Gasteiger partial charge in [0.2, 0.25) is 0 Å². The Hall–Kier alpha value is -1.10. The molecule has 3 nitrogen and oxygen atoms in total. The third-order valence-electron chi connectivity index (χ3n) is 4.26. The number of aliphatic imine (C=N–C) groups is 1. The molecule has 1 aliphatic heterocycles. The van der Waals surface area contributed by atoms with Crippen molar-refractivity contribution in [2.24, 2.45) is 4.99 Å². The third kappa shape index (κ3) is 3.14. The molecule has 0 radical (unpaired) electrons. The summed E-state index contributed by atoms with van der Waals surface area (Å²) in [6.07, 6.45) is 4.69. The lowest BCUT2D eigenvalue weighted by Gasteiger charge is -2.43. The van der Waals surface area contributed by atoms with Gasteiger partial charge < -0.3 is 10.6 Å². The van der Waals surface area contributed by atoms with E-state index >= 15 is 0 Å². The van der Waals surface area contributed by atoms with Gasteiger partial charge in [-0.3, -0.25) is 4.99 Å². The zero-order valence-corrected chi connectivity index (χ0v) is 13.2. The molecule has 1 heterocycles. The molecule has 1 fully saturated rings. The Balaban J connectivity index is 0.00000147. The highest BCUT2D eigenvalue weighted by Crippen LogP contribution is 2.43. The van der Waals surface area contributed by atoms with E-state index in [1.54, 1.807) is 12.1 Å². The van der Waals surface area contributed by atoms with Gasteiger partial charge in [-0.2, -0.15) is 0 Å². The summed E-state index contributed by atoms with van der Waals surface area (Å²) < 4.78 is 13.0. The second kappa shape index (κ2) is 6.57. The molecule has 1 aromatic rings. The smallest absolute Gasteiger partial charge is 0.191 e. The molecule has 5 heteroatoms. The molecule has 0 unspecified atom stereocenters. The minimum Gasteiger partial charge on any atom is -0.356 e. The molecule has 1 aromatic carbocycles. The minimum absolute atomic E-state index is 0. The molecule has 0 spiro atoms. The maximum Gasteiger partial charge on any atom is 0.191 e. The summed E-state index contributed by atoms with van der Waals surface area (Å²) in [5.41, 5.74) is 1.40. The number of hydrogen-bond acceptors (Lipinski definition) is 3. The van der Waals surface area contributed by atoms with E-state index in [2.05, 4.69) is 15.6 Å². The summed E-state index contributed by atoms with van der Waals surface area (Å²) in [6.45, 7) is 2.78. The molecular weight excluding hydrogens is 321 g/mol. The first-order chi connectivity index (χ1) is 9.28. The fourth-order valence-corrected chi connectivity index (χ4v) is 2.88. The average molecular weight is 342 g/mol. The summed E-state index contributed by atoms with van der Waals surface area (Å²) in [5, 5.41) is 6.70. The van der Waals surface area contributed by atoms with Crippen molar-refractivity contribution in [2.75, 3.05) is 19.6 Å². The fourth-order valence-electron chi connectivity index (χ4n) is 2.88. The number of nitrogens with one attached hydrogen (secondary N) is 2. The van der Waals surface area contributed by atoms with Gasteiger partial charge in [0.15, 0.2) is 5.96 Å². The second-order valence-corrected chi connectivity index (χ2v) is 5.50. The van der Waals surface area contributed by atoms with Crippen LogP contribution in [-0.2, 0) is 5.41 Å². The van der Waals surface area contributed by atoms with E-state index < -0.39 is 0 Å². The van der Waals surface area contributed by atoms with Crippen LogP contribution in [0.2, 0.25) is 0 Å². The molecule has 0 saturated heterocycles. The Kier molecular flexibility index (Phi) is 5.02. The summed E-state index contributed by atoms with van der Waals surface area (Å²) in [4.78, 5) is 4.43. The normalized spacial score (nSPS) is 19.9. The minimum atomic E-state index is -0.162. The molecule has 2 N–H and O–H groups in total. The average Bonchev–Trinajstić information content (AvgIpc) is 2.41. The fraction of sp³-hybridized carbons (Fsp3) is 0.533. The second-order valence-electron chi connectivity index (χ2n) is 5.50. The van der Waals surface area contributed by atoms with Crippen LogP contribution in [0.15, 0.2) is 29.3 Å². The maximum absolute atomic E-state index is 13.0. The molecule has 2 aliphatic rings. The molecule has 0 atom stereocenters. The van der Waals surface area contributed by atoms with Gasteiger partial charge in [-0.1, -0.05) is 18.6 Å². The van der Waals surface area contributed by atoms with Crippen LogP contribution in [0.3, 0.4) is 0 Å². The van der Waals surface area contributed by atoms with Gasteiger partial charge in [-0.15, -0.1) is 17.0 Å². The quantitative estimate of drug-likeness (QED) is 0.886. The van der Waals surface area contributed by atoms with E-state index in [-0.39, 0.29) is 28.2 Å². The Morgan fingerprint density at radius 1 is 1.20 bits per heavy atom. The van der Waals surface area contributed by atoms with E-state index in [0.29, 0.717) is 0 Å². The summed E-state index contributed by atoms with van der Waals surface area (Å²) in [7, 11) is 0. The van der Waals surface area contributed by atoms with Crippen LogP contribution in [0.5, 0.6) is 0 Å². The first-order valence-corrected chi connectivity index (χ1v) is 7.07. The highest BCUT2D eigenvalue weighted by atomic mass is 79.9. The Morgan fingerprint density at radius 3 is 2.50 bits per heavy atom. The van der Waals surface area contributed by atoms with Crippen molar-refractivity contribution < 1.29 is 4.39 Å². The monoisotopic (exact) mass is 341 g/mol. The van der Waals surface area contributed by atoms with Crippen LogP contribution >= 0.6 is 17.0 Å². The molecule has 3 rings (SSSR count). The zero-order valence-electron chi connectivity index (χ0n) is 11.5. The first kappa shape index (κ1) is 15.3. The topological polar surface area (TPSA) is 36.4 Å². The number of halogens is 2. The Bertz CT molecular complexity index is 469. The summed E-state index contributed by atoms with van der Waals surface area (Å²) in [6, 6.07) is 6.97. The molecule has 0 bridgehead atoms. The van der Waals surface area contributed by atoms with Crippen molar-refractivity contribution in [1.82, 2.24) is 10.6 Å². The molecule has 0 amide bonds. The van der Waals surface area contributed by atoms with Crippen LogP contribution in [0.1, 0.15) is 31.2 Å². The van der Waals surface area contributed by atoms with Gasteiger partial charge >= 0.3 is 0 Å². The largest absolute Gasteiger partial charge is 0.356 e. The van der Waals surface area contributed by atoms with E-state index in [1.165, 1.54) is 24.8 Å². The zero-order chi connectivity index (χ0) is 13.1. The van der Waals surface area contributed by atoms with E-state index in [9.17, 15) is 4.39 Å². The van der Waals surface area contributed by atoms with E-state index in [1.807, 2.05) is 12.1 Å². The summed E-state index contributed by atoms with van der Waals surface area (Å²) >= 11 is 0. The first-order valence-electron chi connectivity index (χ1n) is 7.07. The van der Waals surface area contributed by atoms with Gasteiger partial charge in [0.25, 0.3) is 0 Å². The number of rotatable bonds is 3. The summed E-state index contributed by atoms with van der Waals surface area (Å²) in [5.74, 6) is 0.754. The number of guanidine groups is 1. The molecular formula is C15H21BrFN3. The van der Waals surface area contributed by atoms with Crippen LogP contribution in [0.25, 0.3) is 0 Å². The number of benzene rings is 1. The Labute approximate surface area is 129 Å².